The molecule has 1 N–H and O–H groups in total. The van der Waals surface area contributed by atoms with E-state index in [2.05, 4.69) is 5.32 Å². The highest BCUT2D eigenvalue weighted by Gasteiger charge is 2.37. The molecule has 1 saturated heterocycles. The summed E-state index contributed by atoms with van der Waals surface area (Å²) < 4.78 is 13.5. The van der Waals surface area contributed by atoms with Gasteiger partial charge >= 0.3 is 0 Å². The van der Waals surface area contributed by atoms with Crippen molar-refractivity contribution < 1.29 is 14.0 Å². The van der Waals surface area contributed by atoms with Gasteiger partial charge < -0.3 is 10.2 Å². The van der Waals surface area contributed by atoms with Gasteiger partial charge in [0.05, 0.1) is 11.6 Å². The average molecular weight is 313 g/mol. The number of hydrogen-bond acceptors (Lipinski definition) is 2. The summed E-state index contributed by atoms with van der Waals surface area (Å²) in [5.41, 5.74) is 0.619. The van der Waals surface area contributed by atoms with E-state index in [4.69, 9.17) is 11.6 Å². The van der Waals surface area contributed by atoms with Crippen molar-refractivity contribution in [2.75, 3.05) is 6.54 Å². The molecule has 2 atom stereocenters. The molecule has 2 amide bonds. The summed E-state index contributed by atoms with van der Waals surface area (Å²) in [6.07, 6.45) is 0.775. The Morgan fingerprint density at radius 1 is 1.48 bits per heavy atom. The summed E-state index contributed by atoms with van der Waals surface area (Å²) in [5, 5.41) is 2.65. The predicted octanol–water partition coefficient (Wildman–Crippen LogP) is 2.35. The van der Waals surface area contributed by atoms with Gasteiger partial charge in [-0.15, -0.1) is 0 Å². The SMILES string of the molecule is CCC(C)C1C(=O)NCC(=O)N1Cc1ccc(Cl)c(F)c1. The molecule has 114 valence electrons. The van der Waals surface area contributed by atoms with Crippen LogP contribution in [0.5, 0.6) is 0 Å². The Labute approximate surface area is 128 Å². The molecule has 1 aromatic carbocycles. The van der Waals surface area contributed by atoms with Gasteiger partial charge in [-0.05, 0) is 23.6 Å². The van der Waals surface area contributed by atoms with Crippen LogP contribution in [0.4, 0.5) is 4.39 Å². The maximum atomic E-state index is 13.5. The Hall–Kier alpha value is -1.62. The maximum Gasteiger partial charge on any atom is 0.243 e. The third kappa shape index (κ3) is 3.35. The van der Waals surface area contributed by atoms with E-state index in [1.807, 2.05) is 13.8 Å². The zero-order valence-corrected chi connectivity index (χ0v) is 12.8. The van der Waals surface area contributed by atoms with Gasteiger partial charge in [-0.1, -0.05) is 37.9 Å². The predicted molar refractivity (Wildman–Crippen MR) is 78.2 cm³/mol. The van der Waals surface area contributed by atoms with Crippen LogP contribution >= 0.6 is 11.6 Å². The van der Waals surface area contributed by atoms with E-state index in [9.17, 15) is 14.0 Å². The van der Waals surface area contributed by atoms with Crippen molar-refractivity contribution in [3.05, 3.63) is 34.6 Å². The number of nitrogens with zero attached hydrogens (tertiary/aromatic N) is 1. The Morgan fingerprint density at radius 2 is 2.19 bits per heavy atom. The lowest BCUT2D eigenvalue weighted by Gasteiger charge is -2.38. The third-order valence-electron chi connectivity index (χ3n) is 3.86. The highest BCUT2D eigenvalue weighted by molar-refractivity contribution is 6.30. The van der Waals surface area contributed by atoms with Crippen LogP contribution in [0.15, 0.2) is 18.2 Å². The lowest BCUT2D eigenvalue weighted by atomic mass is 9.94. The van der Waals surface area contributed by atoms with Crippen LogP contribution in [-0.4, -0.2) is 29.3 Å². The standard InChI is InChI=1S/C15H18ClFN2O2/c1-3-9(2)14-15(21)18-7-13(20)19(14)8-10-4-5-11(16)12(17)6-10/h4-6,9,14H,3,7-8H2,1-2H3,(H,18,21). The Balaban J connectivity index is 2.26. The van der Waals surface area contributed by atoms with E-state index >= 15 is 0 Å². The van der Waals surface area contributed by atoms with Crippen LogP contribution in [0.2, 0.25) is 5.02 Å². The maximum absolute atomic E-state index is 13.5. The second-order valence-corrected chi connectivity index (χ2v) is 5.73. The largest absolute Gasteiger partial charge is 0.345 e. The van der Waals surface area contributed by atoms with E-state index in [1.165, 1.54) is 17.0 Å². The van der Waals surface area contributed by atoms with Gasteiger partial charge in [-0.3, -0.25) is 9.59 Å². The number of benzene rings is 1. The molecule has 0 saturated carbocycles. The van der Waals surface area contributed by atoms with E-state index in [1.54, 1.807) is 6.07 Å². The molecule has 1 heterocycles. The molecule has 1 aliphatic rings. The molecule has 21 heavy (non-hydrogen) atoms. The molecule has 1 fully saturated rings. The molecule has 0 spiro atoms. The number of piperazine rings is 1. The van der Waals surface area contributed by atoms with Crippen molar-refractivity contribution in [3.63, 3.8) is 0 Å². The minimum absolute atomic E-state index is 0.0121. The first-order valence-electron chi connectivity index (χ1n) is 6.95. The van der Waals surface area contributed by atoms with Gasteiger partial charge in [0.15, 0.2) is 0 Å². The molecular formula is C15H18ClFN2O2. The zero-order valence-electron chi connectivity index (χ0n) is 12.0. The molecule has 2 rings (SSSR count). The number of carbonyl (C=O) groups is 2. The molecule has 4 nitrogen and oxygen atoms in total. The Bertz CT molecular complexity index is 565. The van der Waals surface area contributed by atoms with E-state index in [0.717, 1.165) is 6.42 Å². The summed E-state index contributed by atoms with van der Waals surface area (Å²) in [6, 6.07) is 3.91. The molecular weight excluding hydrogens is 295 g/mol. The quantitative estimate of drug-likeness (QED) is 0.928. The fourth-order valence-electron chi connectivity index (χ4n) is 2.48. The van der Waals surface area contributed by atoms with Crippen molar-refractivity contribution in [2.24, 2.45) is 5.92 Å². The summed E-state index contributed by atoms with van der Waals surface area (Å²) >= 11 is 5.66. The first-order valence-corrected chi connectivity index (χ1v) is 7.33. The van der Waals surface area contributed by atoms with Crippen molar-refractivity contribution in [1.82, 2.24) is 10.2 Å². The molecule has 0 radical (unpaired) electrons. The molecule has 1 aromatic rings. The number of rotatable bonds is 4. The van der Waals surface area contributed by atoms with Crippen molar-refractivity contribution in [1.29, 1.82) is 0 Å². The van der Waals surface area contributed by atoms with Gasteiger partial charge in [0, 0.05) is 6.54 Å². The van der Waals surface area contributed by atoms with Crippen molar-refractivity contribution >= 4 is 23.4 Å². The lowest BCUT2D eigenvalue weighted by Crippen LogP contribution is -2.60. The number of halogens is 2. The normalized spacial score (nSPS) is 20.4. The fraction of sp³-hybridized carbons (Fsp3) is 0.467. The molecule has 0 aromatic heterocycles. The van der Waals surface area contributed by atoms with E-state index in [-0.39, 0.29) is 35.8 Å². The minimum atomic E-state index is -0.525. The topological polar surface area (TPSA) is 49.4 Å². The second kappa shape index (κ2) is 6.43. The van der Waals surface area contributed by atoms with Gasteiger partial charge in [0.1, 0.15) is 11.9 Å². The summed E-state index contributed by atoms with van der Waals surface area (Å²) in [7, 11) is 0. The molecule has 6 heteroatoms. The van der Waals surface area contributed by atoms with Crippen LogP contribution in [0.25, 0.3) is 0 Å². The summed E-state index contributed by atoms with van der Waals surface area (Å²) in [5.74, 6) is -0.803. The van der Waals surface area contributed by atoms with Crippen LogP contribution in [0, 0.1) is 11.7 Å². The van der Waals surface area contributed by atoms with Gasteiger partial charge in [0.25, 0.3) is 0 Å². The van der Waals surface area contributed by atoms with Crippen molar-refractivity contribution in [3.8, 4) is 0 Å². The van der Waals surface area contributed by atoms with Crippen LogP contribution in [-0.2, 0) is 16.1 Å². The van der Waals surface area contributed by atoms with E-state index in [0.29, 0.717) is 5.56 Å². The Morgan fingerprint density at radius 3 is 2.81 bits per heavy atom. The van der Waals surface area contributed by atoms with E-state index < -0.39 is 11.9 Å². The number of carbonyl (C=O) groups excluding carboxylic acids is 2. The number of nitrogens with one attached hydrogen (secondary N) is 1. The summed E-state index contributed by atoms with van der Waals surface area (Å²) in [6.45, 7) is 4.09. The zero-order chi connectivity index (χ0) is 15.6. The molecule has 1 aliphatic heterocycles. The number of amides is 2. The highest BCUT2D eigenvalue weighted by atomic mass is 35.5. The third-order valence-corrected chi connectivity index (χ3v) is 4.17. The summed E-state index contributed by atoms with van der Waals surface area (Å²) in [4.78, 5) is 25.7. The highest BCUT2D eigenvalue weighted by Crippen LogP contribution is 2.22. The monoisotopic (exact) mass is 312 g/mol. The molecule has 0 aliphatic carbocycles. The molecule has 0 bridgehead atoms. The fourth-order valence-corrected chi connectivity index (χ4v) is 2.59. The second-order valence-electron chi connectivity index (χ2n) is 5.32. The van der Waals surface area contributed by atoms with Crippen molar-refractivity contribution in [2.45, 2.75) is 32.9 Å². The smallest absolute Gasteiger partial charge is 0.243 e. The van der Waals surface area contributed by atoms with Crippen LogP contribution in [0.3, 0.4) is 0 Å². The average Bonchev–Trinajstić information content (AvgIpc) is 2.46. The van der Waals surface area contributed by atoms with Crippen LogP contribution < -0.4 is 5.32 Å². The van der Waals surface area contributed by atoms with Gasteiger partial charge in [-0.2, -0.15) is 0 Å². The van der Waals surface area contributed by atoms with Gasteiger partial charge in [0.2, 0.25) is 11.8 Å². The molecule has 2 unspecified atom stereocenters. The Kier molecular flexibility index (Phi) is 4.83. The van der Waals surface area contributed by atoms with Crippen LogP contribution in [0.1, 0.15) is 25.8 Å². The lowest BCUT2D eigenvalue weighted by molar-refractivity contribution is -0.148. The first-order chi connectivity index (χ1) is 9.93. The van der Waals surface area contributed by atoms with Gasteiger partial charge in [-0.25, -0.2) is 4.39 Å². The first kappa shape index (κ1) is 15.8. The number of hydrogen-bond donors (Lipinski definition) is 1. The minimum Gasteiger partial charge on any atom is -0.345 e.